The molecule has 0 nitrogen and oxygen atoms in total. The van der Waals surface area contributed by atoms with Gasteiger partial charge in [-0.15, -0.1) is 22.7 Å². The third-order valence-electron chi connectivity index (χ3n) is 3.12. The summed E-state index contributed by atoms with van der Waals surface area (Å²) in [5.41, 5.74) is 1.61. The molecule has 0 spiro atoms. The number of hydrogen-bond acceptors (Lipinski definition) is 2. The highest BCUT2D eigenvalue weighted by Gasteiger charge is 2.20. The summed E-state index contributed by atoms with van der Waals surface area (Å²) >= 11 is 4.02. The largest absolute Gasteiger partial charge is 0.139 e. The third kappa shape index (κ3) is 2.30. The summed E-state index contributed by atoms with van der Waals surface area (Å²) in [5.74, 6) is 1.95. The van der Waals surface area contributed by atoms with Crippen LogP contribution in [0, 0.1) is 0 Å². The molecular weight excluding hydrogens is 244 g/mol. The molecule has 0 aliphatic rings. The van der Waals surface area contributed by atoms with Crippen LogP contribution in [0.25, 0.3) is 9.40 Å². The molecule has 0 atom stereocenters. The fraction of sp³-hybridized carbons (Fsp3) is 0.600. The van der Waals surface area contributed by atoms with Crippen molar-refractivity contribution in [2.24, 2.45) is 0 Å². The Morgan fingerprint density at radius 1 is 0.824 bits per heavy atom. The zero-order chi connectivity index (χ0) is 12.7. The van der Waals surface area contributed by atoms with Crippen molar-refractivity contribution in [2.75, 3.05) is 0 Å². The van der Waals surface area contributed by atoms with Crippen LogP contribution in [-0.4, -0.2) is 0 Å². The van der Waals surface area contributed by atoms with Crippen molar-refractivity contribution in [1.29, 1.82) is 0 Å². The molecule has 0 saturated heterocycles. The maximum absolute atomic E-state index is 2.41. The van der Waals surface area contributed by atoms with Gasteiger partial charge in [-0.25, -0.2) is 0 Å². The van der Waals surface area contributed by atoms with E-state index in [1.807, 2.05) is 22.7 Å². The molecule has 2 aromatic heterocycles. The highest BCUT2D eigenvalue weighted by atomic mass is 32.1. The quantitative estimate of drug-likeness (QED) is 0.608. The molecule has 2 aromatic rings. The van der Waals surface area contributed by atoms with E-state index in [2.05, 4.69) is 47.6 Å². The standard InChI is InChI=1S/C15H22S2/c1-8(2)11-7-12-15(16-11)13(9(3)4)14(17-12)10(5)6/h7-10H,1-6H3. The van der Waals surface area contributed by atoms with Gasteiger partial charge in [-0.05, 0) is 29.4 Å². The van der Waals surface area contributed by atoms with Crippen molar-refractivity contribution >= 4 is 32.1 Å². The van der Waals surface area contributed by atoms with E-state index >= 15 is 0 Å². The molecule has 0 N–H and O–H groups in total. The normalized spacial score (nSPS) is 12.5. The predicted molar refractivity (Wildman–Crippen MR) is 82.0 cm³/mol. The second-order valence-electron chi connectivity index (χ2n) is 5.69. The van der Waals surface area contributed by atoms with Crippen LogP contribution in [0.3, 0.4) is 0 Å². The number of rotatable bonds is 3. The van der Waals surface area contributed by atoms with E-state index in [0.29, 0.717) is 17.8 Å². The molecule has 0 saturated carbocycles. The molecule has 0 bridgehead atoms. The van der Waals surface area contributed by atoms with Gasteiger partial charge in [0, 0.05) is 19.2 Å². The van der Waals surface area contributed by atoms with Crippen LogP contribution in [-0.2, 0) is 0 Å². The summed E-state index contributed by atoms with van der Waals surface area (Å²) in [4.78, 5) is 3.13. The molecule has 2 rings (SSSR count). The average Bonchev–Trinajstić information content (AvgIpc) is 2.71. The van der Waals surface area contributed by atoms with E-state index in [9.17, 15) is 0 Å². The van der Waals surface area contributed by atoms with E-state index < -0.39 is 0 Å². The number of hydrogen-bond donors (Lipinski definition) is 0. The Hall–Kier alpha value is -0.340. The van der Waals surface area contributed by atoms with Gasteiger partial charge < -0.3 is 0 Å². The molecule has 94 valence electrons. The summed E-state index contributed by atoms with van der Waals surface area (Å²) in [6.45, 7) is 13.8. The Morgan fingerprint density at radius 3 is 1.94 bits per heavy atom. The first-order valence-corrected chi connectivity index (χ1v) is 8.11. The Morgan fingerprint density at radius 2 is 1.47 bits per heavy atom. The Kier molecular flexibility index (Phi) is 3.65. The monoisotopic (exact) mass is 266 g/mol. The Bertz CT molecular complexity index is 512. The zero-order valence-electron chi connectivity index (χ0n) is 11.6. The van der Waals surface area contributed by atoms with E-state index in [0.717, 1.165) is 0 Å². The summed E-state index contributed by atoms with van der Waals surface area (Å²) in [6.07, 6.45) is 0. The van der Waals surface area contributed by atoms with Crippen molar-refractivity contribution in [3.05, 3.63) is 21.4 Å². The van der Waals surface area contributed by atoms with E-state index in [1.165, 1.54) is 9.58 Å². The fourth-order valence-corrected chi connectivity index (χ4v) is 5.16. The van der Waals surface area contributed by atoms with Gasteiger partial charge in [0.15, 0.2) is 0 Å². The summed E-state index contributed by atoms with van der Waals surface area (Å²) < 4.78 is 3.06. The molecule has 2 heterocycles. The smallest absolute Gasteiger partial charge is 0.0491 e. The van der Waals surface area contributed by atoms with Crippen molar-refractivity contribution < 1.29 is 0 Å². The highest BCUT2D eigenvalue weighted by Crippen LogP contribution is 2.45. The van der Waals surface area contributed by atoms with Gasteiger partial charge in [0.25, 0.3) is 0 Å². The molecule has 0 fully saturated rings. The predicted octanol–water partition coefficient (Wildman–Crippen LogP) is 6.33. The van der Waals surface area contributed by atoms with E-state index in [-0.39, 0.29) is 0 Å². The topological polar surface area (TPSA) is 0 Å². The summed E-state index contributed by atoms with van der Waals surface area (Å²) in [5, 5.41) is 0. The van der Waals surface area contributed by atoms with Gasteiger partial charge in [0.05, 0.1) is 0 Å². The number of thiophene rings is 2. The second-order valence-corrected chi connectivity index (χ2v) is 7.85. The Balaban J connectivity index is 2.64. The third-order valence-corrected chi connectivity index (χ3v) is 6.17. The van der Waals surface area contributed by atoms with Crippen LogP contribution in [0.1, 0.15) is 74.6 Å². The lowest BCUT2D eigenvalue weighted by Crippen LogP contribution is -1.92. The molecule has 0 radical (unpaired) electrons. The SMILES string of the molecule is CC(C)c1cc2sc(C(C)C)c(C(C)C)c2s1. The van der Waals surface area contributed by atoms with Gasteiger partial charge in [-0.1, -0.05) is 41.5 Å². The van der Waals surface area contributed by atoms with Crippen LogP contribution >= 0.6 is 22.7 Å². The molecule has 0 aliphatic carbocycles. The van der Waals surface area contributed by atoms with Crippen molar-refractivity contribution in [1.82, 2.24) is 0 Å². The van der Waals surface area contributed by atoms with Gasteiger partial charge in [-0.3, -0.25) is 0 Å². The molecule has 17 heavy (non-hydrogen) atoms. The average molecular weight is 266 g/mol. The molecule has 2 heteroatoms. The molecule has 0 aliphatic heterocycles. The van der Waals surface area contributed by atoms with Crippen molar-refractivity contribution in [3.63, 3.8) is 0 Å². The first-order chi connectivity index (χ1) is 7.91. The second kappa shape index (κ2) is 4.74. The first kappa shape index (κ1) is 13.1. The van der Waals surface area contributed by atoms with Crippen LogP contribution in [0.2, 0.25) is 0 Å². The Labute approximate surface area is 113 Å². The minimum Gasteiger partial charge on any atom is -0.139 e. The summed E-state index contributed by atoms with van der Waals surface area (Å²) in [6, 6.07) is 2.41. The van der Waals surface area contributed by atoms with E-state index in [4.69, 9.17) is 0 Å². The lowest BCUT2D eigenvalue weighted by atomic mass is 9.99. The molecule has 0 aromatic carbocycles. The molecular formula is C15H22S2. The zero-order valence-corrected chi connectivity index (χ0v) is 13.3. The van der Waals surface area contributed by atoms with Crippen LogP contribution in [0.5, 0.6) is 0 Å². The van der Waals surface area contributed by atoms with Gasteiger partial charge >= 0.3 is 0 Å². The van der Waals surface area contributed by atoms with Gasteiger partial charge in [0.2, 0.25) is 0 Å². The minimum atomic E-state index is 0.639. The van der Waals surface area contributed by atoms with Crippen molar-refractivity contribution in [3.8, 4) is 0 Å². The van der Waals surface area contributed by atoms with Crippen LogP contribution in [0.4, 0.5) is 0 Å². The minimum absolute atomic E-state index is 0.639. The lowest BCUT2D eigenvalue weighted by Gasteiger charge is -2.10. The molecule has 0 amide bonds. The molecule has 0 unspecified atom stereocenters. The van der Waals surface area contributed by atoms with Gasteiger partial charge in [-0.2, -0.15) is 0 Å². The number of fused-ring (bicyclic) bond motifs is 1. The lowest BCUT2D eigenvalue weighted by molar-refractivity contribution is 0.816. The van der Waals surface area contributed by atoms with E-state index in [1.54, 1.807) is 15.1 Å². The van der Waals surface area contributed by atoms with Crippen molar-refractivity contribution in [2.45, 2.75) is 59.3 Å². The first-order valence-electron chi connectivity index (χ1n) is 6.47. The fourth-order valence-electron chi connectivity index (χ4n) is 2.20. The van der Waals surface area contributed by atoms with Gasteiger partial charge in [0.1, 0.15) is 0 Å². The van der Waals surface area contributed by atoms with Crippen LogP contribution in [0.15, 0.2) is 6.07 Å². The van der Waals surface area contributed by atoms with Crippen LogP contribution < -0.4 is 0 Å². The highest BCUT2D eigenvalue weighted by molar-refractivity contribution is 7.28. The maximum atomic E-state index is 2.41. The maximum Gasteiger partial charge on any atom is 0.0491 e. The summed E-state index contributed by atoms with van der Waals surface area (Å²) in [7, 11) is 0.